The minimum atomic E-state index is -0.354. The van der Waals surface area contributed by atoms with E-state index in [-0.39, 0.29) is 61.4 Å². The van der Waals surface area contributed by atoms with Crippen LogP contribution in [0.15, 0.2) is 110 Å². The van der Waals surface area contributed by atoms with Gasteiger partial charge in [-0.25, -0.2) is 24.5 Å². The second-order valence-corrected chi connectivity index (χ2v) is 24.8. The molecule has 29 heteroatoms. The van der Waals surface area contributed by atoms with Gasteiger partial charge in [-0.2, -0.15) is 0 Å². The number of urea groups is 1. The quantitative estimate of drug-likeness (QED) is 0.0808. The lowest BCUT2D eigenvalue weighted by atomic mass is 10.0. The third-order valence-electron chi connectivity index (χ3n) is 16.7. The van der Waals surface area contributed by atoms with Gasteiger partial charge in [0.1, 0.15) is 34.0 Å². The number of nitrogens with two attached hydrogens (primary N) is 3. The Hall–Kier alpha value is -8.23. The summed E-state index contributed by atoms with van der Waals surface area (Å²) in [5.41, 5.74) is 28.4. The molecule has 8 N–H and O–H groups in total. The maximum atomic E-state index is 13.4. The summed E-state index contributed by atoms with van der Waals surface area (Å²) in [6.07, 6.45) is 11.4. The molecule has 0 atom stereocenters. The third kappa shape index (κ3) is 14.2. The number of carbonyl (C=O) groups is 6. The fourth-order valence-corrected chi connectivity index (χ4v) is 13.4. The van der Waals surface area contributed by atoms with Crippen molar-refractivity contribution in [2.45, 2.75) is 45.4 Å². The predicted molar refractivity (Wildman–Crippen MR) is 358 cm³/mol. The van der Waals surface area contributed by atoms with Gasteiger partial charge < -0.3 is 57.1 Å². The Balaban J connectivity index is 0.000000143. The number of piperazine rings is 2. The lowest BCUT2D eigenvalue weighted by Gasteiger charge is -2.36. The average molecular weight is 1380 g/mol. The molecule has 4 aliphatic heterocycles. The molecule has 0 spiro atoms. The van der Waals surface area contributed by atoms with E-state index in [1.807, 2.05) is 58.6 Å². The van der Waals surface area contributed by atoms with Crippen LogP contribution in [0.25, 0.3) is 50.3 Å². The van der Waals surface area contributed by atoms with Crippen molar-refractivity contribution in [1.29, 1.82) is 0 Å². The summed E-state index contributed by atoms with van der Waals surface area (Å²) < 4.78 is 10.3. The Kier molecular flexibility index (Phi) is 20.6. The molecule has 484 valence electrons. The molecule has 3 aromatic carbocycles. The van der Waals surface area contributed by atoms with Crippen molar-refractivity contribution in [3.8, 4) is 33.4 Å². The Bertz CT molecular complexity index is 4370. The van der Waals surface area contributed by atoms with Crippen molar-refractivity contribution in [1.82, 2.24) is 63.3 Å². The minimum absolute atomic E-state index is 0.00865. The van der Waals surface area contributed by atoms with Crippen molar-refractivity contribution in [2.75, 3.05) is 78.6 Å². The van der Waals surface area contributed by atoms with E-state index in [1.54, 1.807) is 84.9 Å². The zero-order chi connectivity index (χ0) is 65.8. The van der Waals surface area contributed by atoms with Crippen LogP contribution < -0.4 is 27.8 Å². The number of pyridine rings is 3. The molecule has 9 aromatic rings. The summed E-state index contributed by atoms with van der Waals surface area (Å²) in [5, 5.41) is 8.67. The number of imidazole rings is 3. The maximum absolute atomic E-state index is 13.4. The van der Waals surface area contributed by atoms with Crippen LogP contribution in [0.1, 0.15) is 67.9 Å². The van der Waals surface area contributed by atoms with Gasteiger partial charge in [-0.05, 0) is 91.1 Å². The molecule has 93 heavy (non-hydrogen) atoms. The molecule has 13 rings (SSSR count). The monoisotopic (exact) mass is 1380 g/mol. The summed E-state index contributed by atoms with van der Waals surface area (Å²) in [6, 6.07) is 21.5. The number of benzene rings is 3. The van der Waals surface area contributed by atoms with Gasteiger partial charge in [0, 0.05) is 173 Å². The number of rotatable bonds is 11. The number of carbonyl (C=O) groups excluding carboxylic acids is 6. The molecule has 4 saturated heterocycles. The summed E-state index contributed by atoms with van der Waals surface area (Å²) in [4.78, 5) is 96.8. The maximum Gasteiger partial charge on any atom is 0.409 e. The number of amides is 7. The highest BCUT2D eigenvalue weighted by Crippen LogP contribution is 2.37. The van der Waals surface area contributed by atoms with Crippen LogP contribution in [-0.2, 0) is 29.2 Å². The first-order valence-corrected chi connectivity index (χ1v) is 32.2. The molecule has 23 nitrogen and oxygen atoms in total. The van der Waals surface area contributed by atoms with Crippen molar-refractivity contribution in [2.24, 2.45) is 17.2 Å². The number of hydrogen-bond donors (Lipinski definition) is 5. The molecular weight excluding hydrogens is 1320 g/mol. The third-order valence-corrected chi connectivity index (χ3v) is 18.3. The second kappa shape index (κ2) is 29.0. The van der Waals surface area contributed by atoms with Crippen LogP contribution in [0.3, 0.4) is 0 Å². The Morgan fingerprint density at radius 3 is 1.25 bits per heavy atom. The fraction of sp³-hybridized carbons (Fsp3) is 0.297. The predicted octanol–water partition coefficient (Wildman–Crippen LogP) is 9.42. The van der Waals surface area contributed by atoms with Crippen LogP contribution >= 0.6 is 69.6 Å². The lowest BCUT2D eigenvalue weighted by molar-refractivity contribution is -0.123. The van der Waals surface area contributed by atoms with E-state index in [4.69, 9.17) is 91.5 Å². The number of piperidine rings is 1. The smallest absolute Gasteiger partial charge is 0.409 e. The number of aromatic nitrogens is 6. The van der Waals surface area contributed by atoms with Gasteiger partial charge in [-0.3, -0.25) is 32.4 Å². The van der Waals surface area contributed by atoms with Gasteiger partial charge in [0.25, 0.3) is 17.7 Å². The van der Waals surface area contributed by atoms with Crippen LogP contribution in [0.5, 0.6) is 0 Å². The van der Waals surface area contributed by atoms with Crippen LogP contribution in [0, 0.1) is 0 Å². The molecule has 7 amide bonds. The SMILES string of the molecule is CCOC(=O)N1CCN(C(=O)c2cnc3cc(CN)c(-c4ccc(Cl)cc4Cl)cn23)CC1.NCc1cc2ncc(C(=O)N3CCC(N4CCNC4=O)CC3)n2cc1-c1ccc(Cl)cc1Cl.NCc1cc2ncc(C(=O)N3CCNC(=O)C3)n2cc1-c1ccc(Cl)cc1Cl. The molecule has 4 fully saturated rings. The van der Waals surface area contributed by atoms with Gasteiger partial charge in [-0.15, -0.1) is 0 Å². The first-order valence-electron chi connectivity index (χ1n) is 29.9. The van der Waals surface area contributed by atoms with E-state index in [1.165, 1.54) is 11.1 Å². The molecule has 6 aromatic heterocycles. The lowest BCUT2D eigenvalue weighted by Crippen LogP contribution is -2.50. The molecule has 0 bridgehead atoms. The fourth-order valence-electron chi connectivity index (χ4n) is 11.8. The summed E-state index contributed by atoms with van der Waals surface area (Å²) in [6.45, 7) is 8.17. The van der Waals surface area contributed by atoms with E-state index in [0.717, 1.165) is 69.5 Å². The Labute approximate surface area is 564 Å². The highest BCUT2D eigenvalue weighted by Gasteiger charge is 2.34. The molecule has 0 aliphatic carbocycles. The van der Waals surface area contributed by atoms with E-state index < -0.39 is 0 Å². The summed E-state index contributed by atoms with van der Waals surface area (Å²) in [7, 11) is 0. The number of fused-ring (bicyclic) bond motifs is 3. The van der Waals surface area contributed by atoms with Gasteiger partial charge in [0.15, 0.2) is 0 Å². The van der Waals surface area contributed by atoms with E-state index in [9.17, 15) is 28.8 Å². The van der Waals surface area contributed by atoms with Crippen molar-refractivity contribution < 1.29 is 33.5 Å². The second-order valence-electron chi connectivity index (χ2n) is 22.2. The van der Waals surface area contributed by atoms with Crippen LogP contribution in [0.4, 0.5) is 9.59 Å². The summed E-state index contributed by atoms with van der Waals surface area (Å²) in [5.74, 6) is -0.668. The van der Waals surface area contributed by atoms with Crippen LogP contribution in [-0.4, -0.2) is 173 Å². The van der Waals surface area contributed by atoms with Gasteiger partial charge in [0.05, 0.1) is 31.7 Å². The number of nitrogens with zero attached hydrogens (tertiary/aromatic N) is 11. The van der Waals surface area contributed by atoms with E-state index in [0.29, 0.717) is 136 Å². The normalized spacial score (nSPS) is 15.3. The van der Waals surface area contributed by atoms with Crippen molar-refractivity contribution in [3.63, 3.8) is 0 Å². The largest absolute Gasteiger partial charge is 0.450 e. The molecule has 0 unspecified atom stereocenters. The van der Waals surface area contributed by atoms with Crippen molar-refractivity contribution >= 4 is 122 Å². The number of nitrogens with one attached hydrogen (secondary N) is 2. The van der Waals surface area contributed by atoms with Gasteiger partial charge in [-0.1, -0.05) is 87.8 Å². The topological polar surface area (TPSA) is 282 Å². The van der Waals surface area contributed by atoms with E-state index in [2.05, 4.69) is 25.6 Å². The number of hydrogen-bond acceptors (Lipinski definition) is 13. The first kappa shape index (κ1) is 66.2. The number of ether oxygens (including phenoxy) is 1. The van der Waals surface area contributed by atoms with E-state index >= 15 is 0 Å². The van der Waals surface area contributed by atoms with Gasteiger partial charge in [0.2, 0.25) is 5.91 Å². The molecular formula is C64H64Cl6N16O7. The average Bonchev–Trinajstić information content (AvgIpc) is 1.72. The highest BCUT2D eigenvalue weighted by atomic mass is 35.5. The molecule has 10 heterocycles. The first-order chi connectivity index (χ1) is 44.9. The molecule has 0 radical (unpaired) electrons. The number of likely N-dealkylation sites (tertiary alicyclic amines) is 1. The molecule has 0 saturated carbocycles. The minimum Gasteiger partial charge on any atom is -0.450 e. The Morgan fingerprint density at radius 1 is 0.495 bits per heavy atom. The Morgan fingerprint density at radius 2 is 0.882 bits per heavy atom. The zero-order valence-corrected chi connectivity index (χ0v) is 54.8. The standard InChI is InChI=1S/C23H24Cl2N6O2.C22H23Cl2N5O3.C19H17Cl2N5O2/c24-15-1-2-17(19(25)10-15)18-13-31-20(12-28-21(31)9-14(18)11-26)22(32)29-6-3-16(4-7-29)30-8-5-27-23(30)33;1-2-32-22(31)28-7-5-27(6-8-28)21(30)19-12-26-20-9-14(11-25)17(13-29(19)20)16-4-3-15(23)10-18(16)24;20-12-1-2-13(15(21)6-12)14-9-26-16(8-24-17(26)5-11(14)7-22)19(28)25-4-3-23-18(27)10-25/h1-2,9-10,12-13,16H,3-8,11,26H2,(H,27,33);3-4,9-10,12-13H,2,5-8,11,25H2,1H3;1-2,5-6,8-9H,3-4,7,10,22H2,(H,23,27). The zero-order valence-electron chi connectivity index (χ0n) is 50.3. The van der Waals surface area contributed by atoms with Crippen molar-refractivity contribution in [3.05, 3.63) is 174 Å². The summed E-state index contributed by atoms with van der Waals surface area (Å²) >= 11 is 37.4. The number of halogens is 6. The molecule has 4 aliphatic rings. The van der Waals surface area contributed by atoms with Crippen LogP contribution in [0.2, 0.25) is 30.1 Å². The highest BCUT2D eigenvalue weighted by molar-refractivity contribution is 6.37. The van der Waals surface area contributed by atoms with Gasteiger partial charge >= 0.3 is 12.1 Å².